The van der Waals surface area contributed by atoms with Crippen LogP contribution in [0.2, 0.25) is 5.02 Å². The van der Waals surface area contributed by atoms with Gasteiger partial charge >= 0.3 is 0 Å². The van der Waals surface area contributed by atoms with Gasteiger partial charge < -0.3 is 5.32 Å². The van der Waals surface area contributed by atoms with Crippen LogP contribution in [0.5, 0.6) is 0 Å². The van der Waals surface area contributed by atoms with Gasteiger partial charge in [0.2, 0.25) is 5.91 Å². The molecule has 1 N–H and O–H groups in total. The van der Waals surface area contributed by atoms with Gasteiger partial charge in [0, 0.05) is 6.42 Å². The van der Waals surface area contributed by atoms with E-state index >= 15 is 0 Å². The van der Waals surface area contributed by atoms with E-state index < -0.39 is 5.82 Å². The lowest BCUT2D eigenvalue weighted by atomic mass is 10.3. The Morgan fingerprint density at radius 1 is 1.57 bits per heavy atom. The number of rotatable bonds is 3. The smallest absolute Gasteiger partial charge is 0.225 e. The van der Waals surface area contributed by atoms with Crippen LogP contribution < -0.4 is 5.32 Å². The molecule has 0 saturated heterocycles. The Kier molecular flexibility index (Phi) is 4.22. The van der Waals surface area contributed by atoms with E-state index in [9.17, 15) is 9.18 Å². The van der Waals surface area contributed by atoms with Gasteiger partial charge in [-0.2, -0.15) is 12.6 Å². The van der Waals surface area contributed by atoms with Crippen molar-refractivity contribution in [2.75, 3.05) is 11.1 Å². The van der Waals surface area contributed by atoms with Crippen LogP contribution in [0, 0.1) is 5.82 Å². The summed E-state index contributed by atoms with van der Waals surface area (Å²) < 4.78 is 12.8. The molecule has 0 saturated carbocycles. The molecule has 0 atom stereocenters. The number of carbonyl (C=O) groups is 1. The molecule has 0 unspecified atom stereocenters. The van der Waals surface area contributed by atoms with Crippen molar-refractivity contribution >= 4 is 35.8 Å². The maximum atomic E-state index is 12.8. The minimum Gasteiger partial charge on any atom is -0.325 e. The third-order valence-corrected chi connectivity index (χ3v) is 2.09. The van der Waals surface area contributed by atoms with Crippen molar-refractivity contribution in [1.29, 1.82) is 0 Å². The van der Waals surface area contributed by atoms with Crippen LogP contribution in [-0.4, -0.2) is 11.7 Å². The molecular formula is C9H9ClFNOS. The highest BCUT2D eigenvalue weighted by Gasteiger charge is 2.05. The number of hydrogen-bond acceptors (Lipinski definition) is 2. The molecule has 0 aliphatic carbocycles. The summed E-state index contributed by atoms with van der Waals surface area (Å²) in [6.45, 7) is 0. The molecule has 1 aromatic carbocycles. The second-order valence-corrected chi connectivity index (χ2v) is 3.50. The van der Waals surface area contributed by atoms with E-state index in [2.05, 4.69) is 17.9 Å². The molecule has 0 aromatic heterocycles. The molecule has 0 heterocycles. The number of halogens is 2. The monoisotopic (exact) mass is 233 g/mol. The summed E-state index contributed by atoms with van der Waals surface area (Å²) in [6.07, 6.45) is 0.274. The Hall–Kier alpha value is -0.740. The van der Waals surface area contributed by atoms with E-state index in [0.29, 0.717) is 16.5 Å². The molecule has 0 fully saturated rings. The largest absolute Gasteiger partial charge is 0.325 e. The van der Waals surface area contributed by atoms with Gasteiger partial charge in [-0.1, -0.05) is 11.6 Å². The first-order valence-electron chi connectivity index (χ1n) is 3.99. The number of hydrogen-bond donors (Lipinski definition) is 2. The summed E-state index contributed by atoms with van der Waals surface area (Å²) in [4.78, 5) is 11.1. The van der Waals surface area contributed by atoms with Gasteiger partial charge in [-0.25, -0.2) is 4.39 Å². The van der Waals surface area contributed by atoms with Crippen molar-refractivity contribution in [2.45, 2.75) is 6.42 Å². The zero-order chi connectivity index (χ0) is 10.6. The fourth-order valence-electron chi connectivity index (χ4n) is 0.908. The highest BCUT2D eigenvalue weighted by molar-refractivity contribution is 7.80. The molecule has 14 heavy (non-hydrogen) atoms. The van der Waals surface area contributed by atoms with Gasteiger partial charge in [0.1, 0.15) is 5.82 Å². The lowest BCUT2D eigenvalue weighted by Gasteiger charge is -2.05. The van der Waals surface area contributed by atoms with Crippen LogP contribution in [0.15, 0.2) is 18.2 Å². The zero-order valence-corrected chi connectivity index (χ0v) is 8.91. The second kappa shape index (κ2) is 5.22. The Bertz CT molecular complexity index is 346. The highest BCUT2D eigenvalue weighted by Crippen LogP contribution is 2.22. The van der Waals surface area contributed by atoms with E-state index in [1.807, 2.05) is 0 Å². The third-order valence-electron chi connectivity index (χ3n) is 1.54. The average Bonchev–Trinajstić information content (AvgIpc) is 2.12. The molecule has 0 radical (unpaired) electrons. The first-order valence-corrected chi connectivity index (χ1v) is 5.00. The second-order valence-electron chi connectivity index (χ2n) is 2.65. The van der Waals surface area contributed by atoms with E-state index in [4.69, 9.17) is 11.6 Å². The number of amides is 1. The summed E-state index contributed by atoms with van der Waals surface area (Å²) in [7, 11) is 0. The van der Waals surface area contributed by atoms with E-state index in [0.717, 1.165) is 0 Å². The lowest BCUT2D eigenvalue weighted by Crippen LogP contribution is -2.12. The molecule has 2 nitrogen and oxygen atoms in total. The summed E-state index contributed by atoms with van der Waals surface area (Å²) in [5.74, 6) is -0.221. The molecule has 5 heteroatoms. The lowest BCUT2D eigenvalue weighted by molar-refractivity contribution is -0.115. The van der Waals surface area contributed by atoms with Crippen LogP contribution in [0.1, 0.15) is 6.42 Å². The van der Waals surface area contributed by atoms with Gasteiger partial charge in [0.15, 0.2) is 0 Å². The Morgan fingerprint density at radius 2 is 2.29 bits per heavy atom. The average molecular weight is 234 g/mol. The first kappa shape index (κ1) is 11.3. The fraction of sp³-hybridized carbons (Fsp3) is 0.222. The van der Waals surface area contributed by atoms with Crippen LogP contribution in [0.3, 0.4) is 0 Å². The van der Waals surface area contributed by atoms with Crippen molar-refractivity contribution in [3.63, 3.8) is 0 Å². The van der Waals surface area contributed by atoms with Crippen molar-refractivity contribution in [3.05, 3.63) is 29.0 Å². The summed E-state index contributed by atoms with van der Waals surface area (Å²) >= 11 is 9.64. The molecule has 1 rings (SSSR count). The minimum atomic E-state index is -0.435. The molecule has 0 bridgehead atoms. The van der Waals surface area contributed by atoms with Gasteiger partial charge in [-0.3, -0.25) is 4.79 Å². The standard InChI is InChI=1S/C9H9ClFNOS/c10-7-2-1-6(11)5-8(7)12-9(13)3-4-14/h1-2,5,14H,3-4H2,(H,12,13). The molecule has 1 amide bonds. The van der Waals surface area contributed by atoms with Crippen LogP contribution >= 0.6 is 24.2 Å². The number of carbonyl (C=O) groups excluding carboxylic acids is 1. The number of anilines is 1. The third kappa shape index (κ3) is 3.20. The van der Waals surface area contributed by atoms with E-state index in [1.165, 1.54) is 18.2 Å². The van der Waals surface area contributed by atoms with Crippen LogP contribution in [-0.2, 0) is 4.79 Å². The van der Waals surface area contributed by atoms with Gasteiger partial charge in [-0.05, 0) is 24.0 Å². The molecule has 0 spiro atoms. The summed E-state index contributed by atoms with van der Waals surface area (Å²) in [5.41, 5.74) is 0.290. The van der Waals surface area contributed by atoms with Crippen molar-refractivity contribution in [2.24, 2.45) is 0 Å². The zero-order valence-electron chi connectivity index (χ0n) is 7.26. The molecule has 1 aromatic rings. The van der Waals surface area contributed by atoms with E-state index in [-0.39, 0.29) is 12.3 Å². The van der Waals surface area contributed by atoms with Gasteiger partial charge in [0.05, 0.1) is 10.7 Å². The molecular weight excluding hydrogens is 225 g/mol. The Balaban J connectivity index is 2.75. The SMILES string of the molecule is O=C(CCS)Nc1cc(F)ccc1Cl. The maximum Gasteiger partial charge on any atom is 0.225 e. The highest BCUT2D eigenvalue weighted by atomic mass is 35.5. The van der Waals surface area contributed by atoms with Crippen LogP contribution in [0.25, 0.3) is 0 Å². The predicted octanol–water partition coefficient (Wildman–Crippen LogP) is 2.74. The number of nitrogens with one attached hydrogen (secondary N) is 1. The first-order chi connectivity index (χ1) is 6.63. The predicted molar refractivity (Wildman–Crippen MR) is 58.5 cm³/mol. The number of thiol groups is 1. The Morgan fingerprint density at radius 3 is 2.93 bits per heavy atom. The minimum absolute atomic E-state index is 0.229. The quantitative estimate of drug-likeness (QED) is 0.773. The number of benzene rings is 1. The van der Waals surface area contributed by atoms with Crippen molar-refractivity contribution < 1.29 is 9.18 Å². The van der Waals surface area contributed by atoms with Gasteiger partial charge in [0.25, 0.3) is 0 Å². The molecule has 76 valence electrons. The molecule has 0 aliphatic heterocycles. The van der Waals surface area contributed by atoms with Crippen LogP contribution in [0.4, 0.5) is 10.1 Å². The Labute approximate surface area is 91.9 Å². The molecule has 0 aliphatic rings. The van der Waals surface area contributed by atoms with Gasteiger partial charge in [-0.15, -0.1) is 0 Å². The maximum absolute atomic E-state index is 12.8. The van der Waals surface area contributed by atoms with Crippen molar-refractivity contribution in [3.8, 4) is 0 Å². The normalized spacial score (nSPS) is 9.93. The summed E-state index contributed by atoms with van der Waals surface area (Å²) in [5, 5.41) is 2.81. The summed E-state index contributed by atoms with van der Waals surface area (Å²) in [6, 6.07) is 3.81. The fourth-order valence-corrected chi connectivity index (χ4v) is 1.28. The topological polar surface area (TPSA) is 29.1 Å². The van der Waals surface area contributed by atoms with E-state index in [1.54, 1.807) is 0 Å². The van der Waals surface area contributed by atoms with Crippen molar-refractivity contribution in [1.82, 2.24) is 0 Å².